The van der Waals surface area contributed by atoms with E-state index in [0.29, 0.717) is 15.3 Å². The van der Waals surface area contributed by atoms with Crippen molar-refractivity contribution in [1.29, 1.82) is 0 Å². The van der Waals surface area contributed by atoms with Crippen LogP contribution in [0.3, 0.4) is 0 Å². The molecule has 3 aromatic carbocycles. The van der Waals surface area contributed by atoms with Gasteiger partial charge in [0.15, 0.2) is 5.13 Å². The number of fused-ring (bicyclic) bond motifs is 2. The normalized spacial score (nSPS) is 12.0. The second-order valence-electron chi connectivity index (χ2n) is 6.80. The molecule has 1 aromatic heterocycles. The van der Waals surface area contributed by atoms with Gasteiger partial charge in [-0.05, 0) is 34.5 Å². The Labute approximate surface area is 172 Å². The molecular formula is C21H19N3O3S2. The van der Waals surface area contributed by atoms with Gasteiger partial charge in [0.25, 0.3) is 0 Å². The highest BCUT2D eigenvalue weighted by molar-refractivity contribution is 7.89. The Hall–Kier alpha value is -2.81. The van der Waals surface area contributed by atoms with Crippen molar-refractivity contribution in [3.8, 4) is 0 Å². The van der Waals surface area contributed by atoms with Crippen molar-refractivity contribution >= 4 is 53.4 Å². The maximum Gasteiger partial charge on any atom is 0.242 e. The molecule has 1 heterocycles. The van der Waals surface area contributed by atoms with Crippen LogP contribution in [0, 0.1) is 0 Å². The second-order valence-corrected chi connectivity index (χ2v) is 9.98. The molecule has 0 aliphatic carbocycles. The molecule has 0 saturated carbocycles. The van der Waals surface area contributed by atoms with Gasteiger partial charge in [0.1, 0.15) is 0 Å². The molecule has 0 atom stereocenters. The number of aromatic nitrogens is 1. The lowest BCUT2D eigenvalue weighted by atomic mass is 10.0. The van der Waals surface area contributed by atoms with Crippen LogP contribution in [0.25, 0.3) is 21.0 Å². The number of carbonyl (C=O) groups excluding carboxylic acids is 1. The minimum Gasteiger partial charge on any atom is -0.302 e. The van der Waals surface area contributed by atoms with Crippen molar-refractivity contribution in [2.24, 2.45) is 0 Å². The lowest BCUT2D eigenvalue weighted by Gasteiger charge is -2.10. The number of sulfonamides is 1. The predicted molar refractivity (Wildman–Crippen MR) is 117 cm³/mol. The summed E-state index contributed by atoms with van der Waals surface area (Å²) in [6.45, 7) is 0. The van der Waals surface area contributed by atoms with Gasteiger partial charge in [-0.25, -0.2) is 17.7 Å². The van der Waals surface area contributed by atoms with Crippen LogP contribution in [0.5, 0.6) is 0 Å². The Kier molecular flexibility index (Phi) is 5.08. The molecule has 0 aliphatic heterocycles. The first-order valence-corrected chi connectivity index (χ1v) is 11.2. The Morgan fingerprint density at radius 1 is 1.07 bits per heavy atom. The Balaban J connectivity index is 1.57. The topological polar surface area (TPSA) is 79.4 Å². The van der Waals surface area contributed by atoms with Crippen molar-refractivity contribution in [2.75, 3.05) is 19.4 Å². The van der Waals surface area contributed by atoms with Crippen LogP contribution in [0.4, 0.5) is 5.13 Å². The summed E-state index contributed by atoms with van der Waals surface area (Å²) in [5.74, 6) is -0.165. The molecule has 0 radical (unpaired) electrons. The van der Waals surface area contributed by atoms with E-state index in [2.05, 4.69) is 10.3 Å². The monoisotopic (exact) mass is 425 g/mol. The standard InChI is InChI=1S/C21H19N3O3S2/c1-24(2)29(26,27)16-10-11-18-19(13-16)28-21(22-18)23-20(25)12-15-8-5-7-14-6-3-4-9-17(14)15/h3-11,13H,12H2,1-2H3,(H,22,23,25). The van der Waals surface area contributed by atoms with Gasteiger partial charge in [-0.15, -0.1) is 0 Å². The third-order valence-electron chi connectivity index (χ3n) is 4.62. The number of benzene rings is 3. The third-order valence-corrected chi connectivity index (χ3v) is 7.36. The number of amides is 1. The summed E-state index contributed by atoms with van der Waals surface area (Å²) in [6.07, 6.45) is 0.234. The van der Waals surface area contributed by atoms with Gasteiger partial charge in [0.05, 0.1) is 21.5 Å². The van der Waals surface area contributed by atoms with E-state index < -0.39 is 10.0 Å². The molecule has 6 nitrogen and oxygen atoms in total. The summed E-state index contributed by atoms with van der Waals surface area (Å²) in [4.78, 5) is 17.2. The number of anilines is 1. The van der Waals surface area contributed by atoms with Crippen LogP contribution in [0.1, 0.15) is 5.56 Å². The maximum absolute atomic E-state index is 12.6. The maximum atomic E-state index is 12.6. The van der Waals surface area contributed by atoms with E-state index in [9.17, 15) is 13.2 Å². The van der Waals surface area contributed by atoms with Crippen molar-refractivity contribution in [3.05, 3.63) is 66.2 Å². The average molecular weight is 426 g/mol. The molecule has 0 spiro atoms. The fourth-order valence-electron chi connectivity index (χ4n) is 3.11. The first-order chi connectivity index (χ1) is 13.8. The first-order valence-electron chi connectivity index (χ1n) is 8.94. The number of hydrogen-bond donors (Lipinski definition) is 1. The molecule has 1 N–H and O–H groups in total. The van der Waals surface area contributed by atoms with Gasteiger partial charge in [-0.2, -0.15) is 0 Å². The van der Waals surface area contributed by atoms with Gasteiger partial charge in [-0.1, -0.05) is 53.8 Å². The van der Waals surface area contributed by atoms with Gasteiger partial charge < -0.3 is 5.32 Å². The SMILES string of the molecule is CN(C)S(=O)(=O)c1ccc2nc(NC(=O)Cc3cccc4ccccc34)sc2c1. The number of thiazole rings is 1. The molecule has 0 unspecified atom stereocenters. The van der Waals surface area contributed by atoms with Gasteiger partial charge in [0.2, 0.25) is 15.9 Å². The third kappa shape index (κ3) is 3.87. The highest BCUT2D eigenvalue weighted by Gasteiger charge is 2.18. The molecular weight excluding hydrogens is 406 g/mol. The lowest BCUT2D eigenvalue weighted by molar-refractivity contribution is -0.115. The van der Waals surface area contributed by atoms with E-state index in [1.165, 1.54) is 35.8 Å². The fraction of sp³-hybridized carbons (Fsp3) is 0.143. The Bertz CT molecular complexity index is 1320. The number of nitrogens with zero attached hydrogens (tertiary/aromatic N) is 2. The van der Waals surface area contributed by atoms with Crippen LogP contribution in [-0.2, 0) is 21.2 Å². The van der Waals surface area contributed by atoms with E-state index in [0.717, 1.165) is 16.3 Å². The molecule has 29 heavy (non-hydrogen) atoms. The Morgan fingerprint density at radius 2 is 1.83 bits per heavy atom. The smallest absolute Gasteiger partial charge is 0.242 e. The summed E-state index contributed by atoms with van der Waals surface area (Å²) in [7, 11) is -0.536. The summed E-state index contributed by atoms with van der Waals surface area (Å²) < 4.78 is 26.5. The van der Waals surface area contributed by atoms with E-state index in [-0.39, 0.29) is 17.2 Å². The number of carbonyl (C=O) groups is 1. The van der Waals surface area contributed by atoms with Crippen LogP contribution < -0.4 is 5.32 Å². The minimum absolute atomic E-state index is 0.165. The second kappa shape index (κ2) is 7.55. The predicted octanol–water partition coefficient (Wildman–Crippen LogP) is 3.88. The van der Waals surface area contributed by atoms with Crippen LogP contribution in [0.2, 0.25) is 0 Å². The van der Waals surface area contributed by atoms with Crippen molar-refractivity contribution < 1.29 is 13.2 Å². The van der Waals surface area contributed by atoms with Crippen molar-refractivity contribution in [3.63, 3.8) is 0 Å². The number of hydrogen-bond acceptors (Lipinski definition) is 5. The average Bonchev–Trinajstić information content (AvgIpc) is 3.09. The highest BCUT2D eigenvalue weighted by atomic mass is 32.2. The molecule has 0 fully saturated rings. The summed E-state index contributed by atoms with van der Waals surface area (Å²) in [5, 5.41) is 5.42. The zero-order chi connectivity index (χ0) is 20.6. The quantitative estimate of drug-likeness (QED) is 0.526. The molecule has 1 amide bonds. The van der Waals surface area contributed by atoms with E-state index in [4.69, 9.17) is 0 Å². The molecule has 4 aromatic rings. The van der Waals surface area contributed by atoms with E-state index in [1.807, 2.05) is 42.5 Å². The van der Waals surface area contributed by atoms with Crippen LogP contribution in [-0.4, -0.2) is 37.7 Å². The van der Waals surface area contributed by atoms with E-state index in [1.54, 1.807) is 12.1 Å². The van der Waals surface area contributed by atoms with Crippen LogP contribution >= 0.6 is 11.3 Å². The largest absolute Gasteiger partial charge is 0.302 e. The van der Waals surface area contributed by atoms with Gasteiger partial charge in [-0.3, -0.25) is 4.79 Å². The Morgan fingerprint density at radius 3 is 2.62 bits per heavy atom. The number of rotatable bonds is 5. The molecule has 8 heteroatoms. The van der Waals surface area contributed by atoms with Crippen molar-refractivity contribution in [2.45, 2.75) is 11.3 Å². The minimum atomic E-state index is -3.52. The summed E-state index contributed by atoms with van der Waals surface area (Å²) in [6, 6.07) is 18.6. The highest BCUT2D eigenvalue weighted by Crippen LogP contribution is 2.29. The molecule has 4 rings (SSSR count). The lowest BCUT2D eigenvalue weighted by Crippen LogP contribution is -2.22. The zero-order valence-corrected chi connectivity index (χ0v) is 17.5. The molecule has 0 aliphatic rings. The van der Waals surface area contributed by atoms with Gasteiger partial charge >= 0.3 is 0 Å². The molecule has 148 valence electrons. The fourth-order valence-corrected chi connectivity index (χ4v) is 5.04. The number of nitrogens with one attached hydrogen (secondary N) is 1. The molecule has 0 saturated heterocycles. The summed E-state index contributed by atoms with van der Waals surface area (Å²) >= 11 is 1.26. The first kappa shape index (κ1) is 19.5. The molecule has 0 bridgehead atoms. The van der Waals surface area contributed by atoms with Crippen molar-refractivity contribution in [1.82, 2.24) is 9.29 Å². The van der Waals surface area contributed by atoms with Gasteiger partial charge in [0, 0.05) is 14.1 Å². The summed E-state index contributed by atoms with van der Waals surface area (Å²) in [5.41, 5.74) is 1.59. The van der Waals surface area contributed by atoms with E-state index >= 15 is 0 Å². The zero-order valence-electron chi connectivity index (χ0n) is 15.9. The van der Waals surface area contributed by atoms with Crippen LogP contribution in [0.15, 0.2) is 65.6 Å².